The Balaban J connectivity index is 1.50. The van der Waals surface area contributed by atoms with Gasteiger partial charge in [-0.2, -0.15) is 0 Å². The topological polar surface area (TPSA) is 86.8 Å². The maximum atomic E-state index is 13.0. The first kappa shape index (κ1) is 21.8. The molecule has 3 aromatic rings. The van der Waals surface area contributed by atoms with Crippen LogP contribution in [-0.4, -0.2) is 50.8 Å². The highest BCUT2D eigenvalue weighted by atomic mass is 32.2. The van der Waals surface area contributed by atoms with Gasteiger partial charge >= 0.3 is 0 Å². The summed E-state index contributed by atoms with van der Waals surface area (Å²) in [6.07, 6.45) is 0.599. The fourth-order valence-electron chi connectivity index (χ4n) is 4.28. The predicted molar refractivity (Wildman–Crippen MR) is 122 cm³/mol. The van der Waals surface area contributed by atoms with Crippen molar-refractivity contribution in [2.45, 2.75) is 38.4 Å². The molecule has 1 atom stereocenters. The molecule has 0 amide bonds. The molecule has 1 aromatic carbocycles. The molecule has 0 unspecified atom stereocenters. The van der Waals surface area contributed by atoms with Crippen molar-refractivity contribution < 1.29 is 13.2 Å². The van der Waals surface area contributed by atoms with E-state index in [9.17, 15) is 13.2 Å². The molecule has 2 aromatic heterocycles. The van der Waals surface area contributed by atoms with Crippen LogP contribution >= 0.6 is 11.8 Å². The van der Waals surface area contributed by atoms with E-state index in [4.69, 9.17) is 0 Å². The molecule has 0 saturated carbocycles. The lowest BCUT2D eigenvalue weighted by molar-refractivity contribution is 0.102. The van der Waals surface area contributed by atoms with Crippen LogP contribution < -0.4 is 0 Å². The number of benzene rings is 1. The lowest BCUT2D eigenvalue weighted by Gasteiger charge is -2.16. The van der Waals surface area contributed by atoms with Gasteiger partial charge in [0.05, 0.1) is 17.3 Å². The number of carbonyl (C=O) groups excluding carboxylic acids is 1. The van der Waals surface area contributed by atoms with Gasteiger partial charge in [-0.3, -0.25) is 4.79 Å². The minimum absolute atomic E-state index is 0.00492. The second-order valence-electron chi connectivity index (χ2n) is 8.16. The van der Waals surface area contributed by atoms with Crippen LogP contribution in [0.3, 0.4) is 0 Å². The molecule has 0 radical (unpaired) electrons. The van der Waals surface area contributed by atoms with Crippen LogP contribution in [0.25, 0.3) is 11.4 Å². The standard InChI is InChI=1S/C22H26N4O3S2/c1-14-6-5-7-17(10-14)21-23-24-22(25(21)4)30-12-20(27)19-11-15(2)26(16(19)3)18-8-9-31(28,29)13-18/h5-7,10-11,18H,8-9,12-13H2,1-4H3/t18-/m0/s1. The molecule has 0 N–H and O–H groups in total. The largest absolute Gasteiger partial charge is 0.344 e. The van der Waals surface area contributed by atoms with Gasteiger partial charge in [-0.15, -0.1) is 10.2 Å². The second kappa shape index (κ2) is 8.27. The van der Waals surface area contributed by atoms with E-state index in [2.05, 4.69) is 16.3 Å². The summed E-state index contributed by atoms with van der Waals surface area (Å²) >= 11 is 1.36. The minimum Gasteiger partial charge on any atom is -0.344 e. The lowest BCUT2D eigenvalue weighted by atomic mass is 10.1. The third kappa shape index (κ3) is 4.34. The van der Waals surface area contributed by atoms with Crippen molar-refractivity contribution in [3.63, 3.8) is 0 Å². The fourth-order valence-corrected chi connectivity index (χ4v) is 6.78. The van der Waals surface area contributed by atoms with Crippen molar-refractivity contribution in [3.05, 3.63) is 52.8 Å². The summed E-state index contributed by atoms with van der Waals surface area (Å²) in [5.74, 6) is 1.37. The number of aryl methyl sites for hydroxylation is 2. The Morgan fingerprint density at radius 3 is 2.65 bits per heavy atom. The maximum absolute atomic E-state index is 13.0. The molecule has 0 aliphatic carbocycles. The van der Waals surface area contributed by atoms with Crippen molar-refractivity contribution in [3.8, 4) is 11.4 Å². The third-order valence-electron chi connectivity index (χ3n) is 5.80. The van der Waals surface area contributed by atoms with Gasteiger partial charge in [-0.05, 0) is 39.3 Å². The molecule has 3 heterocycles. The number of aromatic nitrogens is 4. The Kier molecular flexibility index (Phi) is 5.83. The number of Topliss-reactive ketones (excluding diaryl/α,β-unsaturated/α-hetero) is 1. The summed E-state index contributed by atoms with van der Waals surface area (Å²) in [6, 6.07) is 9.86. The van der Waals surface area contributed by atoms with Crippen molar-refractivity contribution in [2.24, 2.45) is 7.05 Å². The van der Waals surface area contributed by atoms with E-state index in [0.29, 0.717) is 17.1 Å². The highest BCUT2D eigenvalue weighted by Crippen LogP contribution is 2.30. The zero-order chi connectivity index (χ0) is 22.3. The van der Waals surface area contributed by atoms with E-state index >= 15 is 0 Å². The number of nitrogens with zero attached hydrogens (tertiary/aromatic N) is 4. The SMILES string of the molecule is Cc1cccc(-c2nnc(SCC(=O)c3cc(C)n([C@H]4CCS(=O)(=O)C4)c3C)n2C)c1. The van der Waals surface area contributed by atoms with Gasteiger partial charge in [0, 0.05) is 35.6 Å². The molecular weight excluding hydrogens is 432 g/mol. The summed E-state index contributed by atoms with van der Waals surface area (Å²) in [7, 11) is -1.09. The summed E-state index contributed by atoms with van der Waals surface area (Å²) in [6.45, 7) is 5.86. The lowest BCUT2D eigenvalue weighted by Crippen LogP contribution is -2.14. The van der Waals surface area contributed by atoms with E-state index in [1.807, 2.05) is 61.2 Å². The van der Waals surface area contributed by atoms with Crippen LogP contribution in [0.1, 0.15) is 39.8 Å². The van der Waals surface area contributed by atoms with Crippen molar-refractivity contribution in [1.82, 2.24) is 19.3 Å². The Bertz CT molecular complexity index is 1260. The molecule has 0 bridgehead atoms. The predicted octanol–water partition coefficient (Wildman–Crippen LogP) is 3.54. The molecule has 1 aliphatic rings. The fraction of sp³-hybridized carbons (Fsp3) is 0.409. The number of hydrogen-bond acceptors (Lipinski definition) is 6. The number of thioether (sulfide) groups is 1. The zero-order valence-electron chi connectivity index (χ0n) is 18.1. The van der Waals surface area contributed by atoms with E-state index < -0.39 is 9.84 Å². The number of sulfone groups is 1. The van der Waals surface area contributed by atoms with Gasteiger partial charge in [-0.1, -0.05) is 35.5 Å². The van der Waals surface area contributed by atoms with Gasteiger partial charge < -0.3 is 9.13 Å². The van der Waals surface area contributed by atoms with Gasteiger partial charge in [0.15, 0.2) is 26.6 Å². The number of rotatable bonds is 6. The van der Waals surface area contributed by atoms with E-state index in [0.717, 1.165) is 28.3 Å². The normalized spacial score (nSPS) is 17.9. The van der Waals surface area contributed by atoms with Gasteiger partial charge in [0.2, 0.25) is 0 Å². The van der Waals surface area contributed by atoms with E-state index in [-0.39, 0.29) is 29.1 Å². The van der Waals surface area contributed by atoms with Crippen LogP contribution in [0.5, 0.6) is 0 Å². The van der Waals surface area contributed by atoms with E-state index in [1.165, 1.54) is 11.8 Å². The summed E-state index contributed by atoms with van der Waals surface area (Å²) in [4.78, 5) is 13.0. The average molecular weight is 459 g/mol. The Hall–Kier alpha value is -2.39. The van der Waals surface area contributed by atoms with Crippen LogP contribution in [0, 0.1) is 20.8 Å². The highest BCUT2D eigenvalue weighted by Gasteiger charge is 2.31. The molecule has 31 heavy (non-hydrogen) atoms. The second-order valence-corrected chi connectivity index (χ2v) is 11.3. The Morgan fingerprint density at radius 2 is 1.97 bits per heavy atom. The van der Waals surface area contributed by atoms with Gasteiger partial charge in [0.1, 0.15) is 0 Å². The summed E-state index contributed by atoms with van der Waals surface area (Å²) < 4.78 is 27.7. The Morgan fingerprint density at radius 1 is 1.19 bits per heavy atom. The van der Waals surface area contributed by atoms with Crippen molar-refractivity contribution >= 4 is 27.4 Å². The van der Waals surface area contributed by atoms with Crippen molar-refractivity contribution in [1.29, 1.82) is 0 Å². The molecule has 0 spiro atoms. The molecule has 164 valence electrons. The molecular formula is C22H26N4O3S2. The molecule has 1 aliphatic heterocycles. The first-order chi connectivity index (χ1) is 14.7. The first-order valence-corrected chi connectivity index (χ1v) is 13.0. The van der Waals surface area contributed by atoms with Crippen LogP contribution in [-0.2, 0) is 16.9 Å². The van der Waals surface area contributed by atoms with Crippen LogP contribution in [0.2, 0.25) is 0 Å². The minimum atomic E-state index is -2.99. The third-order valence-corrected chi connectivity index (χ3v) is 8.57. The number of carbonyl (C=O) groups is 1. The van der Waals surface area contributed by atoms with E-state index in [1.54, 1.807) is 0 Å². The molecule has 9 heteroatoms. The van der Waals surface area contributed by atoms with Crippen LogP contribution in [0.15, 0.2) is 35.5 Å². The van der Waals surface area contributed by atoms with Crippen LogP contribution in [0.4, 0.5) is 0 Å². The zero-order valence-corrected chi connectivity index (χ0v) is 19.8. The first-order valence-electron chi connectivity index (χ1n) is 10.2. The average Bonchev–Trinajstić information content (AvgIpc) is 3.34. The molecule has 4 rings (SSSR count). The highest BCUT2D eigenvalue weighted by molar-refractivity contribution is 7.99. The van der Waals surface area contributed by atoms with Crippen molar-refractivity contribution in [2.75, 3.05) is 17.3 Å². The molecule has 1 saturated heterocycles. The molecule has 7 nitrogen and oxygen atoms in total. The monoisotopic (exact) mass is 458 g/mol. The quantitative estimate of drug-likeness (QED) is 0.415. The molecule has 1 fully saturated rings. The number of ketones is 1. The van der Waals surface area contributed by atoms with Gasteiger partial charge in [0.25, 0.3) is 0 Å². The summed E-state index contributed by atoms with van der Waals surface area (Å²) in [5, 5.41) is 9.24. The maximum Gasteiger partial charge on any atom is 0.191 e. The smallest absolute Gasteiger partial charge is 0.191 e. The number of hydrogen-bond donors (Lipinski definition) is 0. The van der Waals surface area contributed by atoms with Gasteiger partial charge in [-0.25, -0.2) is 8.42 Å². The summed E-state index contributed by atoms with van der Waals surface area (Å²) in [5.41, 5.74) is 4.55. The Labute approximate surface area is 186 Å².